The molecule has 6 nitrogen and oxygen atoms in total. The number of hydrogen-bond acceptors (Lipinski definition) is 4. The van der Waals surface area contributed by atoms with E-state index < -0.39 is 0 Å². The molecule has 2 aromatic carbocycles. The van der Waals surface area contributed by atoms with Crippen LogP contribution in [0.15, 0.2) is 60.8 Å². The van der Waals surface area contributed by atoms with Crippen LogP contribution in [0.5, 0.6) is 0 Å². The average Bonchev–Trinajstić information content (AvgIpc) is 3.25. The summed E-state index contributed by atoms with van der Waals surface area (Å²) in [5, 5.41) is 7.83. The highest BCUT2D eigenvalue weighted by Gasteiger charge is 2.42. The van der Waals surface area contributed by atoms with E-state index in [1.54, 1.807) is 6.20 Å². The van der Waals surface area contributed by atoms with Gasteiger partial charge in [-0.05, 0) is 99.1 Å². The minimum Gasteiger partial charge on any atom is -0.365 e. The van der Waals surface area contributed by atoms with Gasteiger partial charge < -0.3 is 20.4 Å². The van der Waals surface area contributed by atoms with Crippen LogP contribution in [0.4, 0.5) is 17.1 Å². The van der Waals surface area contributed by atoms with E-state index in [9.17, 15) is 4.79 Å². The van der Waals surface area contributed by atoms with Crippen LogP contribution in [0.3, 0.4) is 0 Å². The molecule has 1 amide bonds. The largest absolute Gasteiger partial charge is 0.365 e. The molecule has 1 saturated heterocycles. The molecule has 0 aliphatic carbocycles. The molecule has 2 aliphatic rings. The summed E-state index contributed by atoms with van der Waals surface area (Å²) in [6.07, 6.45) is 4.10. The topological polar surface area (TPSA) is 60.5 Å². The van der Waals surface area contributed by atoms with E-state index in [2.05, 4.69) is 77.5 Å². The maximum absolute atomic E-state index is 12.4. The summed E-state index contributed by atoms with van der Waals surface area (Å²) in [6.45, 7) is 12.3. The average molecular weight is 574 g/mol. The predicted octanol–water partition coefficient (Wildman–Crippen LogP) is 7.45. The molecule has 1 fully saturated rings. The smallest absolute Gasteiger partial charge is 0.226 e. The number of allylic oxidation sites excluding steroid dienone is 1. The van der Waals surface area contributed by atoms with Gasteiger partial charge in [-0.3, -0.25) is 9.78 Å². The maximum Gasteiger partial charge on any atom is 0.226 e. The minimum absolute atomic E-state index is 0.0142. The highest BCUT2D eigenvalue weighted by Crippen LogP contribution is 2.48. The molecule has 0 spiro atoms. The van der Waals surface area contributed by atoms with Crippen molar-refractivity contribution >= 4 is 57.5 Å². The first kappa shape index (κ1) is 28.1. The Morgan fingerprint density at radius 3 is 2.55 bits per heavy atom. The predicted molar refractivity (Wildman–Crippen MR) is 170 cm³/mol. The van der Waals surface area contributed by atoms with E-state index in [0.717, 1.165) is 39.4 Å². The van der Waals surface area contributed by atoms with Gasteiger partial charge in [-0.2, -0.15) is 0 Å². The number of thiocarbonyl (C=S) groups is 1. The third-order valence-electron chi connectivity index (χ3n) is 8.02. The molecule has 0 radical (unpaired) electrons. The summed E-state index contributed by atoms with van der Waals surface area (Å²) >= 11 is 13.1. The fourth-order valence-electron chi connectivity index (χ4n) is 5.58. The first-order valence-electron chi connectivity index (χ1n) is 13.6. The van der Waals surface area contributed by atoms with E-state index in [4.69, 9.17) is 23.8 Å². The lowest BCUT2D eigenvalue weighted by Crippen LogP contribution is -2.42. The summed E-state index contributed by atoms with van der Waals surface area (Å²) in [4.78, 5) is 21.4. The van der Waals surface area contributed by atoms with Gasteiger partial charge >= 0.3 is 0 Å². The SMILES string of the molecule is CC1=CC(C)(C)N(C)c2cc(Cl)c([C@@H]3[C@H](c4ccccn4)NC(=S)N3c3ccc(NC(=O)C(C)C)c(C)c3)cc21. The van der Waals surface area contributed by atoms with Gasteiger partial charge in [0.15, 0.2) is 5.11 Å². The number of nitrogens with one attached hydrogen (secondary N) is 2. The number of likely N-dealkylation sites (N-methyl/N-ethyl adjacent to an activating group) is 1. The molecular weight excluding hydrogens is 538 g/mol. The number of rotatable bonds is 5. The highest BCUT2D eigenvalue weighted by molar-refractivity contribution is 7.80. The number of aromatic nitrogens is 1. The van der Waals surface area contributed by atoms with Gasteiger partial charge in [0.1, 0.15) is 0 Å². The second kappa shape index (κ2) is 10.5. The lowest BCUT2D eigenvalue weighted by Gasteiger charge is -2.41. The Kier molecular flexibility index (Phi) is 7.40. The molecule has 2 N–H and O–H groups in total. The Hall–Kier alpha value is -3.42. The van der Waals surface area contributed by atoms with Crippen LogP contribution in [-0.2, 0) is 4.79 Å². The van der Waals surface area contributed by atoms with Gasteiger partial charge in [0, 0.05) is 46.8 Å². The van der Waals surface area contributed by atoms with Crippen LogP contribution >= 0.6 is 23.8 Å². The molecule has 2 aliphatic heterocycles. The minimum atomic E-state index is -0.247. The molecule has 0 saturated carbocycles. The molecule has 3 heterocycles. The van der Waals surface area contributed by atoms with Crippen molar-refractivity contribution in [2.45, 2.75) is 59.2 Å². The lowest BCUT2D eigenvalue weighted by molar-refractivity contribution is -0.118. The number of benzene rings is 2. The van der Waals surface area contributed by atoms with Crippen molar-refractivity contribution < 1.29 is 4.79 Å². The number of aryl methyl sites for hydroxylation is 1. The fourth-order valence-corrected chi connectivity index (χ4v) is 6.19. The summed E-state index contributed by atoms with van der Waals surface area (Å²) in [6, 6.07) is 15.7. The van der Waals surface area contributed by atoms with Gasteiger partial charge in [-0.25, -0.2) is 0 Å². The van der Waals surface area contributed by atoms with Crippen molar-refractivity contribution in [3.8, 4) is 0 Å². The quantitative estimate of drug-likeness (QED) is 0.309. The number of carbonyl (C=O) groups is 1. The van der Waals surface area contributed by atoms with Gasteiger partial charge in [0.2, 0.25) is 5.91 Å². The Balaban J connectivity index is 1.64. The molecule has 5 rings (SSSR count). The van der Waals surface area contributed by atoms with Gasteiger partial charge in [0.05, 0.1) is 23.3 Å². The summed E-state index contributed by atoms with van der Waals surface area (Å²) < 4.78 is 0. The van der Waals surface area contributed by atoms with Crippen LogP contribution in [-0.4, -0.2) is 28.6 Å². The van der Waals surface area contributed by atoms with E-state index in [-0.39, 0.29) is 29.4 Å². The van der Waals surface area contributed by atoms with Crippen LogP contribution in [0.2, 0.25) is 5.02 Å². The lowest BCUT2D eigenvalue weighted by atomic mass is 9.86. The number of halogens is 1. The molecular formula is C32H36ClN5OS. The molecule has 208 valence electrons. The van der Waals surface area contributed by atoms with Crippen LogP contribution in [0, 0.1) is 12.8 Å². The van der Waals surface area contributed by atoms with Crippen molar-refractivity contribution in [1.82, 2.24) is 10.3 Å². The Bertz CT molecular complexity index is 1520. The summed E-state index contributed by atoms with van der Waals surface area (Å²) in [5.41, 5.74) is 7.87. The zero-order chi connectivity index (χ0) is 28.9. The van der Waals surface area contributed by atoms with E-state index in [1.807, 2.05) is 51.1 Å². The molecule has 0 unspecified atom stereocenters. The number of hydrogen-bond donors (Lipinski definition) is 2. The standard InChI is InChI=1S/C32H36ClN5OS/c1-18(2)30(39)35-25-12-11-21(14-19(25)3)38-29(28(36-31(38)40)26-10-8-9-13-34-26)23-15-22-20(4)17-32(5,6)37(7)27(22)16-24(23)33/h8-18,28-29H,1-7H3,(H,35,39)(H,36,40)/t28-,29+/m0/s1. The van der Waals surface area contributed by atoms with Gasteiger partial charge in [0.25, 0.3) is 0 Å². The number of pyridine rings is 1. The summed E-state index contributed by atoms with van der Waals surface area (Å²) in [5.74, 6) is -0.120. The normalized spacial score (nSPS) is 19.8. The van der Waals surface area contributed by atoms with Crippen molar-refractivity contribution in [3.05, 3.63) is 88.2 Å². The molecule has 1 aromatic heterocycles. The van der Waals surface area contributed by atoms with E-state index in [0.29, 0.717) is 10.1 Å². The zero-order valence-corrected chi connectivity index (χ0v) is 25.6. The number of nitrogens with zero attached hydrogens (tertiary/aromatic N) is 3. The number of carbonyl (C=O) groups excluding carboxylic acids is 1. The maximum atomic E-state index is 12.4. The number of anilines is 3. The molecule has 3 aromatic rings. The molecule has 2 atom stereocenters. The highest BCUT2D eigenvalue weighted by atomic mass is 35.5. The van der Waals surface area contributed by atoms with Crippen molar-refractivity contribution in [3.63, 3.8) is 0 Å². The zero-order valence-electron chi connectivity index (χ0n) is 24.0. The number of fused-ring (bicyclic) bond motifs is 1. The van der Waals surface area contributed by atoms with Crippen LogP contribution in [0.1, 0.15) is 69.1 Å². The third kappa shape index (κ3) is 4.97. The Morgan fingerprint density at radius 1 is 1.15 bits per heavy atom. The second-order valence-electron chi connectivity index (χ2n) is 11.6. The van der Waals surface area contributed by atoms with Crippen molar-refractivity contribution in [2.24, 2.45) is 5.92 Å². The van der Waals surface area contributed by atoms with Crippen molar-refractivity contribution in [1.29, 1.82) is 0 Å². The monoisotopic (exact) mass is 573 g/mol. The molecule has 8 heteroatoms. The Morgan fingerprint density at radius 2 is 1.90 bits per heavy atom. The summed E-state index contributed by atoms with van der Waals surface area (Å²) in [7, 11) is 2.11. The van der Waals surface area contributed by atoms with E-state index >= 15 is 0 Å². The van der Waals surface area contributed by atoms with Gasteiger partial charge in [-0.15, -0.1) is 0 Å². The van der Waals surface area contributed by atoms with Crippen molar-refractivity contribution in [2.75, 3.05) is 22.2 Å². The van der Waals surface area contributed by atoms with Crippen LogP contribution < -0.4 is 20.4 Å². The van der Waals surface area contributed by atoms with E-state index in [1.165, 1.54) is 5.57 Å². The first-order valence-corrected chi connectivity index (χ1v) is 14.4. The fraction of sp³-hybridized carbons (Fsp3) is 0.344. The van der Waals surface area contributed by atoms with Crippen LogP contribution in [0.25, 0.3) is 5.57 Å². The first-order chi connectivity index (χ1) is 18.9. The third-order valence-corrected chi connectivity index (χ3v) is 8.66. The molecule has 0 bridgehead atoms. The number of amides is 1. The Labute approximate surface area is 247 Å². The van der Waals surface area contributed by atoms with Gasteiger partial charge in [-0.1, -0.05) is 37.6 Å². The molecule has 40 heavy (non-hydrogen) atoms. The second-order valence-corrected chi connectivity index (χ2v) is 12.4.